The number of aromatic nitrogens is 2. The summed E-state index contributed by atoms with van der Waals surface area (Å²) in [6, 6.07) is 12.3. The van der Waals surface area contributed by atoms with E-state index in [9.17, 15) is 8.42 Å². The molecule has 0 radical (unpaired) electrons. The second-order valence-corrected chi connectivity index (χ2v) is 8.28. The Kier molecular flexibility index (Phi) is 4.91. The zero-order valence-corrected chi connectivity index (χ0v) is 15.9. The van der Waals surface area contributed by atoms with Gasteiger partial charge in [0.15, 0.2) is 27.2 Å². The van der Waals surface area contributed by atoms with E-state index >= 15 is 0 Å². The fourth-order valence-corrected chi connectivity index (χ4v) is 4.21. The molecule has 9 heteroatoms. The van der Waals surface area contributed by atoms with Gasteiger partial charge in [0.05, 0.1) is 12.9 Å². The van der Waals surface area contributed by atoms with Gasteiger partial charge in [-0.05, 0) is 30.3 Å². The molecule has 0 saturated heterocycles. The lowest BCUT2D eigenvalue weighted by Gasteiger charge is -2.20. The Morgan fingerprint density at radius 3 is 2.61 bits per heavy atom. The third kappa shape index (κ3) is 3.94. The molecule has 146 valence electrons. The summed E-state index contributed by atoms with van der Waals surface area (Å²) < 4.78 is 46.7. The molecule has 0 aliphatic carbocycles. The maximum absolute atomic E-state index is 12.6. The van der Waals surface area contributed by atoms with E-state index < -0.39 is 9.84 Å². The zero-order chi connectivity index (χ0) is 19.6. The smallest absolute Gasteiger partial charge is 0.257 e. The Morgan fingerprint density at radius 2 is 1.82 bits per heavy atom. The Labute approximate surface area is 162 Å². The van der Waals surface area contributed by atoms with Gasteiger partial charge in [-0.1, -0.05) is 17.3 Å². The van der Waals surface area contributed by atoms with Gasteiger partial charge in [0.2, 0.25) is 0 Å². The third-order valence-corrected chi connectivity index (χ3v) is 5.63. The van der Waals surface area contributed by atoms with Gasteiger partial charge in [-0.2, -0.15) is 4.98 Å². The second kappa shape index (κ2) is 7.51. The molecule has 8 nitrogen and oxygen atoms in total. The first-order valence-electron chi connectivity index (χ1n) is 8.59. The number of methoxy groups -OCH3 is 1. The topological polar surface area (TPSA) is 101 Å². The number of nitrogens with zero attached hydrogens (tertiary/aromatic N) is 2. The Balaban J connectivity index is 1.50. The lowest BCUT2D eigenvalue weighted by molar-refractivity contribution is 0.170. The molecule has 28 heavy (non-hydrogen) atoms. The molecule has 2 heterocycles. The zero-order valence-electron chi connectivity index (χ0n) is 15.1. The van der Waals surface area contributed by atoms with E-state index in [2.05, 4.69) is 10.1 Å². The van der Waals surface area contributed by atoms with E-state index in [-0.39, 0.29) is 23.2 Å². The van der Waals surface area contributed by atoms with Gasteiger partial charge in [-0.3, -0.25) is 0 Å². The van der Waals surface area contributed by atoms with Crippen LogP contribution >= 0.6 is 0 Å². The molecule has 0 saturated carbocycles. The normalized spacial score (nSPS) is 13.3. The molecule has 4 rings (SSSR count). The third-order valence-electron chi connectivity index (χ3n) is 4.18. The number of fused-ring (bicyclic) bond motifs is 1. The number of hydrogen-bond acceptors (Lipinski definition) is 8. The summed E-state index contributed by atoms with van der Waals surface area (Å²) in [5.74, 6) is 1.55. The summed E-state index contributed by atoms with van der Waals surface area (Å²) in [4.78, 5) is 4.20. The average molecular weight is 402 g/mol. The van der Waals surface area contributed by atoms with Gasteiger partial charge in [0.25, 0.3) is 5.89 Å². The summed E-state index contributed by atoms with van der Waals surface area (Å²) >= 11 is 0. The predicted molar refractivity (Wildman–Crippen MR) is 100 cm³/mol. The highest BCUT2D eigenvalue weighted by Crippen LogP contribution is 2.35. The van der Waals surface area contributed by atoms with Crippen molar-refractivity contribution in [1.82, 2.24) is 10.1 Å². The van der Waals surface area contributed by atoms with Crippen LogP contribution in [-0.4, -0.2) is 38.9 Å². The number of sulfone groups is 1. The van der Waals surface area contributed by atoms with Crippen LogP contribution in [0.15, 0.2) is 47.0 Å². The second-order valence-electron chi connectivity index (χ2n) is 6.22. The van der Waals surface area contributed by atoms with Crippen molar-refractivity contribution in [2.45, 2.75) is 11.5 Å². The SMILES string of the molecule is COc1ccc(-c2nc(CS(=O)(=O)Cc3cccc4c3OCCO4)no2)cc1. The number of ether oxygens (including phenoxy) is 3. The van der Waals surface area contributed by atoms with Gasteiger partial charge < -0.3 is 18.7 Å². The Hall–Kier alpha value is -3.07. The highest BCUT2D eigenvalue weighted by molar-refractivity contribution is 7.89. The van der Waals surface area contributed by atoms with Crippen molar-refractivity contribution >= 4 is 9.84 Å². The van der Waals surface area contributed by atoms with Crippen molar-refractivity contribution in [3.05, 3.63) is 53.9 Å². The molecular weight excluding hydrogens is 384 g/mol. The van der Waals surface area contributed by atoms with Crippen LogP contribution in [0.2, 0.25) is 0 Å². The predicted octanol–water partition coefficient (Wildman–Crippen LogP) is 2.63. The van der Waals surface area contributed by atoms with Crippen LogP contribution < -0.4 is 14.2 Å². The number of benzene rings is 2. The molecule has 0 N–H and O–H groups in total. The summed E-state index contributed by atoms with van der Waals surface area (Å²) in [7, 11) is -1.97. The molecule has 1 aliphatic rings. The van der Waals surface area contributed by atoms with Crippen molar-refractivity contribution in [2.75, 3.05) is 20.3 Å². The quantitative estimate of drug-likeness (QED) is 0.620. The number of hydrogen-bond donors (Lipinski definition) is 0. The van der Waals surface area contributed by atoms with E-state index in [0.717, 1.165) is 0 Å². The van der Waals surface area contributed by atoms with E-state index in [0.29, 0.717) is 41.6 Å². The van der Waals surface area contributed by atoms with Gasteiger partial charge in [-0.25, -0.2) is 8.42 Å². The molecule has 1 aliphatic heterocycles. The van der Waals surface area contributed by atoms with Crippen LogP contribution in [-0.2, 0) is 21.3 Å². The molecule has 0 spiro atoms. The largest absolute Gasteiger partial charge is 0.497 e. The molecule has 2 aromatic carbocycles. The van der Waals surface area contributed by atoms with Crippen LogP contribution in [0.1, 0.15) is 11.4 Å². The van der Waals surface area contributed by atoms with Gasteiger partial charge in [-0.15, -0.1) is 0 Å². The van der Waals surface area contributed by atoms with Gasteiger partial charge in [0.1, 0.15) is 24.7 Å². The van der Waals surface area contributed by atoms with E-state index in [1.807, 2.05) is 0 Å². The van der Waals surface area contributed by atoms with Crippen LogP contribution in [0.5, 0.6) is 17.2 Å². The van der Waals surface area contributed by atoms with E-state index in [1.54, 1.807) is 49.6 Å². The molecular formula is C19H18N2O6S. The van der Waals surface area contributed by atoms with Gasteiger partial charge in [0, 0.05) is 11.1 Å². The average Bonchev–Trinajstić information content (AvgIpc) is 3.16. The minimum Gasteiger partial charge on any atom is -0.497 e. The van der Waals surface area contributed by atoms with Crippen molar-refractivity contribution in [1.29, 1.82) is 0 Å². The minimum absolute atomic E-state index is 0.104. The Morgan fingerprint density at radius 1 is 1.04 bits per heavy atom. The first kappa shape index (κ1) is 18.3. The van der Waals surface area contributed by atoms with E-state index in [1.165, 1.54) is 0 Å². The monoisotopic (exact) mass is 402 g/mol. The minimum atomic E-state index is -3.54. The number of para-hydroxylation sites is 1. The van der Waals surface area contributed by atoms with Crippen LogP contribution in [0.25, 0.3) is 11.5 Å². The standard InChI is InChI=1S/C19H18N2O6S/c1-24-15-7-5-13(6-8-15)19-20-17(21-27-19)12-28(22,23)11-14-3-2-4-16-18(14)26-10-9-25-16/h2-8H,9-12H2,1H3. The van der Waals surface area contributed by atoms with Crippen molar-refractivity contribution in [2.24, 2.45) is 0 Å². The molecule has 0 atom stereocenters. The fourth-order valence-electron chi connectivity index (χ4n) is 2.90. The molecule has 3 aromatic rings. The van der Waals surface area contributed by atoms with Crippen molar-refractivity contribution in [3.63, 3.8) is 0 Å². The van der Waals surface area contributed by atoms with Crippen LogP contribution in [0.3, 0.4) is 0 Å². The summed E-state index contributed by atoms with van der Waals surface area (Å²) in [6.45, 7) is 0.834. The molecule has 0 unspecified atom stereocenters. The molecule has 0 bridgehead atoms. The van der Waals surface area contributed by atoms with Crippen LogP contribution in [0.4, 0.5) is 0 Å². The lowest BCUT2D eigenvalue weighted by atomic mass is 10.2. The summed E-state index contributed by atoms with van der Waals surface area (Å²) in [5, 5.41) is 3.80. The molecule has 1 aromatic heterocycles. The van der Waals surface area contributed by atoms with Crippen LogP contribution in [0, 0.1) is 0 Å². The molecule has 0 amide bonds. The first-order chi connectivity index (χ1) is 13.5. The highest BCUT2D eigenvalue weighted by atomic mass is 32.2. The number of rotatable bonds is 6. The van der Waals surface area contributed by atoms with Crippen molar-refractivity contribution in [3.8, 4) is 28.7 Å². The fraction of sp³-hybridized carbons (Fsp3) is 0.263. The highest BCUT2D eigenvalue weighted by Gasteiger charge is 2.23. The van der Waals surface area contributed by atoms with Crippen molar-refractivity contribution < 1.29 is 27.2 Å². The lowest BCUT2D eigenvalue weighted by Crippen LogP contribution is -2.18. The summed E-state index contributed by atoms with van der Waals surface area (Å²) in [5.41, 5.74) is 1.23. The van der Waals surface area contributed by atoms with Gasteiger partial charge >= 0.3 is 0 Å². The maximum atomic E-state index is 12.6. The molecule has 0 fully saturated rings. The summed E-state index contributed by atoms with van der Waals surface area (Å²) in [6.07, 6.45) is 0. The Bertz CT molecular complexity index is 1080. The maximum Gasteiger partial charge on any atom is 0.257 e. The first-order valence-corrected chi connectivity index (χ1v) is 10.4. The van der Waals surface area contributed by atoms with E-state index in [4.69, 9.17) is 18.7 Å².